The summed E-state index contributed by atoms with van der Waals surface area (Å²) in [6, 6.07) is 11.3. The van der Waals surface area contributed by atoms with Gasteiger partial charge in [-0.3, -0.25) is 9.20 Å². The molecule has 1 N–H and O–H groups in total. The van der Waals surface area contributed by atoms with E-state index in [0.717, 1.165) is 16.8 Å². The van der Waals surface area contributed by atoms with Crippen molar-refractivity contribution in [3.8, 4) is 5.75 Å². The molecule has 2 heterocycles. The molecule has 0 spiro atoms. The smallest absolute Gasteiger partial charge is 0.290 e. The molecule has 0 aliphatic carbocycles. The Kier molecular flexibility index (Phi) is 5.12. The number of rotatable bonds is 6. The fourth-order valence-electron chi connectivity index (χ4n) is 2.60. The molecule has 2 aromatic heterocycles. The summed E-state index contributed by atoms with van der Waals surface area (Å²) in [6.45, 7) is 7.83. The fourth-order valence-corrected chi connectivity index (χ4v) is 2.60. The molecule has 0 saturated heterocycles. The number of aryl methyl sites for hydroxylation is 2. The standard InChI is InChI=1S/C20H20N4O2/c1-4-10-26-17-7-5-6-16(11-17)12-21-23-20(25)19-15(3)22-18-9-8-14(2)13-24(18)19/h4-9,11-13H,1,10H2,2-3H3,(H,23,25)/b21-12-. The Balaban J connectivity index is 1.75. The molecule has 0 atom stereocenters. The van der Waals surface area contributed by atoms with Gasteiger partial charge in [-0.15, -0.1) is 0 Å². The van der Waals surface area contributed by atoms with Crippen molar-refractivity contribution in [2.75, 3.05) is 6.61 Å². The Bertz CT molecular complexity index is 989. The van der Waals surface area contributed by atoms with E-state index in [1.165, 1.54) is 0 Å². The van der Waals surface area contributed by atoms with Crippen molar-refractivity contribution >= 4 is 17.8 Å². The van der Waals surface area contributed by atoms with Gasteiger partial charge in [-0.25, -0.2) is 10.4 Å². The van der Waals surface area contributed by atoms with Gasteiger partial charge in [-0.05, 0) is 43.2 Å². The largest absolute Gasteiger partial charge is 0.490 e. The Morgan fingerprint density at radius 3 is 3.00 bits per heavy atom. The SMILES string of the molecule is C=CCOc1cccc(/C=N\NC(=O)c2c(C)nc3ccc(C)cn23)c1. The first kappa shape index (κ1) is 17.4. The Labute approximate surface area is 151 Å². The molecule has 0 radical (unpaired) electrons. The van der Waals surface area contributed by atoms with E-state index in [1.54, 1.807) is 23.6 Å². The highest BCUT2D eigenvalue weighted by Gasteiger charge is 2.16. The lowest BCUT2D eigenvalue weighted by molar-refractivity contribution is 0.0948. The molecule has 0 fully saturated rings. The second-order valence-corrected chi connectivity index (χ2v) is 5.85. The van der Waals surface area contributed by atoms with Crippen LogP contribution in [0.15, 0.2) is 60.4 Å². The van der Waals surface area contributed by atoms with Crippen LogP contribution in [0.3, 0.4) is 0 Å². The Hall–Kier alpha value is -3.41. The number of nitrogens with zero attached hydrogens (tertiary/aromatic N) is 3. The van der Waals surface area contributed by atoms with Gasteiger partial charge in [0.2, 0.25) is 0 Å². The molecule has 3 rings (SSSR count). The third-order valence-corrected chi connectivity index (χ3v) is 3.76. The highest BCUT2D eigenvalue weighted by atomic mass is 16.5. The monoisotopic (exact) mass is 348 g/mol. The minimum Gasteiger partial charge on any atom is -0.490 e. The van der Waals surface area contributed by atoms with Crippen LogP contribution in [0.5, 0.6) is 5.75 Å². The predicted octanol–water partition coefficient (Wildman–Crippen LogP) is 3.28. The van der Waals surface area contributed by atoms with E-state index in [9.17, 15) is 4.79 Å². The molecular weight excluding hydrogens is 328 g/mol. The molecule has 3 aromatic rings. The highest BCUT2D eigenvalue weighted by Crippen LogP contribution is 2.14. The fraction of sp³-hybridized carbons (Fsp3) is 0.150. The Morgan fingerprint density at radius 2 is 2.19 bits per heavy atom. The maximum Gasteiger partial charge on any atom is 0.290 e. The number of nitrogens with one attached hydrogen (secondary N) is 1. The summed E-state index contributed by atoms with van der Waals surface area (Å²) < 4.78 is 7.26. The van der Waals surface area contributed by atoms with Crippen molar-refractivity contribution in [2.45, 2.75) is 13.8 Å². The molecule has 0 unspecified atom stereocenters. The number of carbonyl (C=O) groups is 1. The van der Waals surface area contributed by atoms with Crippen molar-refractivity contribution < 1.29 is 9.53 Å². The van der Waals surface area contributed by atoms with E-state index >= 15 is 0 Å². The van der Waals surface area contributed by atoms with E-state index in [2.05, 4.69) is 22.1 Å². The van der Waals surface area contributed by atoms with Gasteiger partial charge in [0, 0.05) is 6.20 Å². The van der Waals surface area contributed by atoms with Crippen LogP contribution in [-0.4, -0.2) is 28.1 Å². The number of pyridine rings is 1. The highest BCUT2D eigenvalue weighted by molar-refractivity contribution is 5.95. The van der Waals surface area contributed by atoms with Crippen molar-refractivity contribution in [2.24, 2.45) is 5.10 Å². The number of benzene rings is 1. The molecule has 6 heteroatoms. The van der Waals surface area contributed by atoms with Gasteiger partial charge in [0.1, 0.15) is 23.7 Å². The molecule has 132 valence electrons. The normalized spacial score (nSPS) is 11.0. The van der Waals surface area contributed by atoms with Gasteiger partial charge in [-0.1, -0.05) is 30.9 Å². The first-order valence-electron chi connectivity index (χ1n) is 8.21. The number of hydrazone groups is 1. The number of carbonyl (C=O) groups excluding carboxylic acids is 1. The molecule has 1 aromatic carbocycles. The van der Waals surface area contributed by atoms with E-state index in [0.29, 0.717) is 23.7 Å². The average molecular weight is 348 g/mol. The van der Waals surface area contributed by atoms with Gasteiger partial charge >= 0.3 is 0 Å². The summed E-state index contributed by atoms with van der Waals surface area (Å²) in [6.07, 6.45) is 5.14. The van der Waals surface area contributed by atoms with Gasteiger partial charge in [-0.2, -0.15) is 5.10 Å². The third-order valence-electron chi connectivity index (χ3n) is 3.76. The zero-order valence-corrected chi connectivity index (χ0v) is 14.8. The molecular formula is C20H20N4O2. The number of ether oxygens (including phenoxy) is 1. The molecule has 0 aliphatic rings. The zero-order valence-electron chi connectivity index (χ0n) is 14.8. The third kappa shape index (κ3) is 3.80. The number of imidazole rings is 1. The molecule has 1 amide bonds. The minimum absolute atomic E-state index is 0.309. The lowest BCUT2D eigenvalue weighted by atomic mass is 10.2. The van der Waals surface area contributed by atoms with Gasteiger partial charge in [0.25, 0.3) is 5.91 Å². The molecule has 0 bridgehead atoms. The zero-order chi connectivity index (χ0) is 18.5. The second kappa shape index (κ2) is 7.65. The summed E-state index contributed by atoms with van der Waals surface area (Å²) in [5.41, 5.74) is 6.29. The van der Waals surface area contributed by atoms with Crippen LogP contribution in [0.1, 0.15) is 27.3 Å². The molecule has 0 aliphatic heterocycles. The van der Waals surface area contributed by atoms with Crippen molar-refractivity contribution in [1.82, 2.24) is 14.8 Å². The van der Waals surface area contributed by atoms with Crippen LogP contribution in [0.2, 0.25) is 0 Å². The first-order chi connectivity index (χ1) is 12.6. The van der Waals surface area contributed by atoms with Crippen molar-refractivity contribution in [1.29, 1.82) is 0 Å². The summed E-state index contributed by atoms with van der Waals surface area (Å²) >= 11 is 0. The van der Waals surface area contributed by atoms with Crippen molar-refractivity contribution in [3.05, 3.63) is 77.8 Å². The number of hydrogen-bond donors (Lipinski definition) is 1. The first-order valence-corrected chi connectivity index (χ1v) is 8.21. The summed E-state index contributed by atoms with van der Waals surface area (Å²) in [5, 5.41) is 4.05. The van der Waals surface area contributed by atoms with Crippen LogP contribution in [0.25, 0.3) is 5.65 Å². The average Bonchev–Trinajstić information content (AvgIpc) is 2.95. The maximum absolute atomic E-state index is 12.5. The summed E-state index contributed by atoms with van der Waals surface area (Å²) in [7, 11) is 0. The van der Waals surface area contributed by atoms with E-state index < -0.39 is 0 Å². The summed E-state index contributed by atoms with van der Waals surface area (Å²) in [4.78, 5) is 16.9. The van der Waals surface area contributed by atoms with Crippen LogP contribution < -0.4 is 10.2 Å². The number of aromatic nitrogens is 2. The van der Waals surface area contributed by atoms with E-state index in [4.69, 9.17) is 4.74 Å². The van der Waals surface area contributed by atoms with Crippen LogP contribution in [0, 0.1) is 13.8 Å². The minimum atomic E-state index is -0.309. The van der Waals surface area contributed by atoms with E-state index in [-0.39, 0.29) is 5.91 Å². The topological polar surface area (TPSA) is 68.0 Å². The number of amides is 1. The van der Waals surface area contributed by atoms with Gasteiger partial charge in [0.05, 0.1) is 11.9 Å². The van der Waals surface area contributed by atoms with Crippen LogP contribution in [-0.2, 0) is 0 Å². The molecule has 0 saturated carbocycles. The molecule has 26 heavy (non-hydrogen) atoms. The van der Waals surface area contributed by atoms with Gasteiger partial charge < -0.3 is 4.74 Å². The van der Waals surface area contributed by atoms with Gasteiger partial charge in [0.15, 0.2) is 0 Å². The lowest BCUT2D eigenvalue weighted by Gasteiger charge is -2.04. The number of fused-ring (bicyclic) bond motifs is 1. The lowest BCUT2D eigenvalue weighted by Crippen LogP contribution is -2.20. The van der Waals surface area contributed by atoms with E-state index in [1.807, 2.05) is 49.5 Å². The predicted molar refractivity (Wildman–Crippen MR) is 102 cm³/mol. The maximum atomic E-state index is 12.5. The van der Waals surface area contributed by atoms with Crippen molar-refractivity contribution in [3.63, 3.8) is 0 Å². The van der Waals surface area contributed by atoms with Crippen LogP contribution >= 0.6 is 0 Å². The quantitative estimate of drug-likeness (QED) is 0.422. The second-order valence-electron chi connectivity index (χ2n) is 5.85. The molecule has 6 nitrogen and oxygen atoms in total. The number of hydrogen-bond acceptors (Lipinski definition) is 4. The van der Waals surface area contributed by atoms with Crippen LogP contribution in [0.4, 0.5) is 0 Å². The summed E-state index contributed by atoms with van der Waals surface area (Å²) in [5.74, 6) is 0.407. The Morgan fingerprint density at radius 1 is 1.35 bits per heavy atom.